The van der Waals surface area contributed by atoms with Crippen LogP contribution in [-0.2, 0) is 9.47 Å². The van der Waals surface area contributed by atoms with Crippen LogP contribution in [0, 0.1) is 5.92 Å². The molecule has 0 N–H and O–H groups in total. The third kappa shape index (κ3) is 4.72. The standard InChI is InChI=1S/C20H38N2O2/c1-16(2)22-8-6-20(7-9-22)15-21(10-11-23-20)14-17-12-18(13-17)24-19(3,4)5/h16-18H,6-15H2,1-5H3/t17-,18-. The van der Waals surface area contributed by atoms with Gasteiger partial charge in [0.1, 0.15) is 0 Å². The fourth-order valence-electron chi connectivity index (χ4n) is 4.61. The number of piperidine rings is 1. The summed E-state index contributed by atoms with van der Waals surface area (Å²) in [7, 11) is 0. The van der Waals surface area contributed by atoms with Crippen molar-refractivity contribution in [2.75, 3.05) is 39.3 Å². The minimum atomic E-state index is 0.00302. The van der Waals surface area contributed by atoms with Crippen molar-refractivity contribution in [2.24, 2.45) is 5.92 Å². The molecule has 3 aliphatic rings. The van der Waals surface area contributed by atoms with Gasteiger partial charge in [-0.05, 0) is 66.2 Å². The van der Waals surface area contributed by atoms with Gasteiger partial charge >= 0.3 is 0 Å². The van der Waals surface area contributed by atoms with E-state index in [4.69, 9.17) is 9.47 Å². The first-order valence-corrected chi connectivity index (χ1v) is 10.0. The van der Waals surface area contributed by atoms with Crippen molar-refractivity contribution in [1.29, 1.82) is 0 Å². The van der Waals surface area contributed by atoms with E-state index in [2.05, 4.69) is 44.4 Å². The van der Waals surface area contributed by atoms with E-state index in [9.17, 15) is 0 Å². The number of morpholine rings is 1. The molecule has 0 bridgehead atoms. The van der Waals surface area contributed by atoms with Crippen molar-refractivity contribution in [1.82, 2.24) is 9.80 Å². The van der Waals surface area contributed by atoms with Gasteiger partial charge in [0.2, 0.25) is 0 Å². The van der Waals surface area contributed by atoms with E-state index in [1.54, 1.807) is 0 Å². The maximum absolute atomic E-state index is 6.29. The molecule has 1 spiro atoms. The first-order chi connectivity index (χ1) is 11.2. The number of rotatable bonds is 4. The Labute approximate surface area is 148 Å². The Hall–Kier alpha value is -0.160. The van der Waals surface area contributed by atoms with Crippen LogP contribution in [0.2, 0.25) is 0 Å². The molecule has 4 heteroatoms. The zero-order valence-electron chi connectivity index (χ0n) is 16.5. The van der Waals surface area contributed by atoms with Crippen molar-refractivity contribution in [3.05, 3.63) is 0 Å². The fourth-order valence-corrected chi connectivity index (χ4v) is 4.61. The molecule has 0 unspecified atom stereocenters. The van der Waals surface area contributed by atoms with Gasteiger partial charge in [0.05, 0.1) is 23.9 Å². The molecule has 24 heavy (non-hydrogen) atoms. The minimum Gasteiger partial charge on any atom is -0.373 e. The molecule has 1 aliphatic carbocycles. The van der Waals surface area contributed by atoms with Crippen LogP contribution in [0.1, 0.15) is 60.3 Å². The third-order valence-electron chi connectivity index (χ3n) is 6.00. The molecule has 3 rings (SSSR count). The van der Waals surface area contributed by atoms with Crippen LogP contribution < -0.4 is 0 Å². The topological polar surface area (TPSA) is 24.9 Å². The molecule has 1 saturated carbocycles. The van der Waals surface area contributed by atoms with E-state index >= 15 is 0 Å². The van der Waals surface area contributed by atoms with Crippen molar-refractivity contribution in [2.45, 2.75) is 83.6 Å². The second-order valence-corrected chi connectivity index (χ2v) is 9.59. The molecule has 0 aromatic carbocycles. The molecule has 0 amide bonds. The highest BCUT2D eigenvalue weighted by Crippen LogP contribution is 2.36. The lowest BCUT2D eigenvalue weighted by Gasteiger charge is -2.49. The van der Waals surface area contributed by atoms with Crippen LogP contribution in [0.5, 0.6) is 0 Å². The maximum atomic E-state index is 6.29. The molecule has 4 nitrogen and oxygen atoms in total. The summed E-state index contributed by atoms with van der Waals surface area (Å²) < 4.78 is 12.4. The van der Waals surface area contributed by atoms with E-state index < -0.39 is 0 Å². The Balaban J connectivity index is 1.42. The Kier molecular flexibility index (Phi) is 5.60. The third-order valence-corrected chi connectivity index (χ3v) is 6.00. The van der Waals surface area contributed by atoms with Crippen LogP contribution in [0.3, 0.4) is 0 Å². The van der Waals surface area contributed by atoms with E-state index in [1.807, 2.05) is 0 Å². The SMILES string of the molecule is CC(C)N1CCC2(CC1)CN(C[C@H]1C[C@H](OC(C)(C)C)C1)CCO2. The van der Waals surface area contributed by atoms with Crippen molar-refractivity contribution in [3.8, 4) is 0 Å². The Morgan fingerprint density at radius 2 is 1.79 bits per heavy atom. The lowest BCUT2D eigenvalue weighted by molar-refractivity contribution is -0.150. The maximum Gasteiger partial charge on any atom is 0.0833 e. The highest BCUT2D eigenvalue weighted by Gasteiger charge is 2.41. The summed E-state index contributed by atoms with van der Waals surface area (Å²) >= 11 is 0. The average Bonchev–Trinajstić information content (AvgIpc) is 2.44. The number of hydrogen-bond acceptors (Lipinski definition) is 4. The Morgan fingerprint density at radius 3 is 2.38 bits per heavy atom. The van der Waals surface area contributed by atoms with Crippen molar-refractivity contribution in [3.63, 3.8) is 0 Å². The average molecular weight is 339 g/mol. The minimum absolute atomic E-state index is 0.00302. The second-order valence-electron chi connectivity index (χ2n) is 9.59. The summed E-state index contributed by atoms with van der Waals surface area (Å²) in [6.07, 6.45) is 5.36. The molecule has 0 radical (unpaired) electrons. The van der Waals surface area contributed by atoms with E-state index in [0.29, 0.717) is 12.1 Å². The number of hydrogen-bond donors (Lipinski definition) is 0. The predicted molar refractivity (Wildman–Crippen MR) is 98.4 cm³/mol. The number of ether oxygens (including phenoxy) is 2. The highest BCUT2D eigenvalue weighted by atomic mass is 16.5. The molecule has 0 aromatic rings. The van der Waals surface area contributed by atoms with Gasteiger partial charge in [-0.1, -0.05) is 0 Å². The summed E-state index contributed by atoms with van der Waals surface area (Å²) in [6, 6.07) is 0.664. The van der Waals surface area contributed by atoms with Gasteiger partial charge in [0.25, 0.3) is 0 Å². The van der Waals surface area contributed by atoms with Crippen molar-refractivity contribution >= 4 is 0 Å². The van der Waals surface area contributed by atoms with Gasteiger partial charge in [-0.25, -0.2) is 0 Å². The molecule has 3 fully saturated rings. The lowest BCUT2D eigenvalue weighted by Crippen LogP contribution is -2.58. The smallest absolute Gasteiger partial charge is 0.0833 e. The van der Waals surface area contributed by atoms with Gasteiger partial charge < -0.3 is 14.4 Å². The molecular formula is C20H38N2O2. The van der Waals surface area contributed by atoms with E-state index in [-0.39, 0.29) is 11.2 Å². The van der Waals surface area contributed by atoms with Crippen LogP contribution >= 0.6 is 0 Å². The summed E-state index contributed by atoms with van der Waals surface area (Å²) in [6.45, 7) is 17.9. The first-order valence-electron chi connectivity index (χ1n) is 10.0. The van der Waals surface area contributed by atoms with Gasteiger partial charge in [-0.3, -0.25) is 4.90 Å². The lowest BCUT2D eigenvalue weighted by atomic mass is 9.80. The molecule has 140 valence electrons. The molecule has 0 atom stereocenters. The van der Waals surface area contributed by atoms with Crippen LogP contribution in [-0.4, -0.2) is 72.5 Å². The zero-order chi connectivity index (χ0) is 17.4. The zero-order valence-corrected chi connectivity index (χ0v) is 16.5. The summed E-state index contributed by atoms with van der Waals surface area (Å²) in [5.74, 6) is 0.822. The summed E-state index contributed by atoms with van der Waals surface area (Å²) in [5.41, 5.74) is 0.137. The van der Waals surface area contributed by atoms with E-state index in [1.165, 1.54) is 45.3 Å². The second kappa shape index (κ2) is 7.22. The van der Waals surface area contributed by atoms with Gasteiger partial charge in [-0.2, -0.15) is 0 Å². The van der Waals surface area contributed by atoms with E-state index in [0.717, 1.165) is 25.6 Å². The van der Waals surface area contributed by atoms with Gasteiger partial charge in [0, 0.05) is 38.8 Å². The highest BCUT2D eigenvalue weighted by molar-refractivity contribution is 4.95. The van der Waals surface area contributed by atoms with Crippen LogP contribution in [0.15, 0.2) is 0 Å². The molecule has 2 heterocycles. The van der Waals surface area contributed by atoms with Gasteiger partial charge in [0.15, 0.2) is 0 Å². The largest absolute Gasteiger partial charge is 0.373 e. The fraction of sp³-hybridized carbons (Fsp3) is 1.00. The number of likely N-dealkylation sites (tertiary alicyclic amines) is 1. The van der Waals surface area contributed by atoms with Crippen molar-refractivity contribution < 1.29 is 9.47 Å². The Bertz CT molecular complexity index is 404. The predicted octanol–water partition coefficient (Wildman–Crippen LogP) is 3.16. The normalized spacial score (nSPS) is 32.2. The Morgan fingerprint density at radius 1 is 1.12 bits per heavy atom. The van der Waals surface area contributed by atoms with Crippen LogP contribution in [0.25, 0.3) is 0 Å². The molecule has 0 aromatic heterocycles. The monoisotopic (exact) mass is 338 g/mol. The van der Waals surface area contributed by atoms with Gasteiger partial charge in [-0.15, -0.1) is 0 Å². The summed E-state index contributed by atoms with van der Waals surface area (Å²) in [4.78, 5) is 5.26. The molecular weight excluding hydrogens is 300 g/mol. The molecule has 2 aliphatic heterocycles. The summed E-state index contributed by atoms with van der Waals surface area (Å²) in [5, 5.41) is 0. The quantitative estimate of drug-likeness (QED) is 0.786. The number of nitrogens with zero attached hydrogens (tertiary/aromatic N) is 2. The molecule has 2 saturated heterocycles. The van der Waals surface area contributed by atoms with Crippen LogP contribution in [0.4, 0.5) is 0 Å². The first kappa shape index (κ1) is 18.6.